The van der Waals surface area contributed by atoms with Crippen LogP contribution in [0.25, 0.3) is 0 Å². The van der Waals surface area contributed by atoms with E-state index in [1.807, 2.05) is 6.08 Å². The third-order valence-corrected chi connectivity index (χ3v) is 8.53. The van der Waals surface area contributed by atoms with Crippen LogP contribution in [-0.2, 0) is 34.7 Å². The fraction of sp³-hybridized carbons (Fsp3) is 0.667. The normalized spacial score (nSPS) is 31.4. The van der Waals surface area contributed by atoms with Crippen molar-refractivity contribution < 1.29 is 46.4 Å². The van der Waals surface area contributed by atoms with Crippen molar-refractivity contribution in [2.45, 2.75) is 108 Å². The molecule has 7 atom stereocenters. The van der Waals surface area contributed by atoms with Crippen molar-refractivity contribution in [2.75, 3.05) is 19.8 Å². The summed E-state index contributed by atoms with van der Waals surface area (Å²) < 4.78 is 76.1. The van der Waals surface area contributed by atoms with Crippen molar-refractivity contribution >= 4 is 5.97 Å². The van der Waals surface area contributed by atoms with Gasteiger partial charge in [-0.2, -0.15) is 13.2 Å². The lowest BCUT2D eigenvalue weighted by Crippen LogP contribution is -2.32. The van der Waals surface area contributed by atoms with Crippen molar-refractivity contribution in [1.82, 2.24) is 0 Å². The number of ether oxygens (including phenoxy) is 6. The zero-order chi connectivity index (χ0) is 30.1. The van der Waals surface area contributed by atoms with Gasteiger partial charge < -0.3 is 28.4 Å². The molecule has 1 aromatic carbocycles. The molecule has 0 bridgehead atoms. The molecule has 1 aliphatic carbocycles. The van der Waals surface area contributed by atoms with Crippen LogP contribution in [0.2, 0.25) is 0 Å². The number of benzene rings is 1. The van der Waals surface area contributed by atoms with Gasteiger partial charge in [0.2, 0.25) is 0 Å². The van der Waals surface area contributed by atoms with Crippen LogP contribution in [0.5, 0.6) is 5.75 Å². The summed E-state index contributed by atoms with van der Waals surface area (Å²) >= 11 is 0. The predicted octanol–water partition coefficient (Wildman–Crippen LogP) is 7.14. The molecule has 0 spiro atoms. The second-order valence-electron chi connectivity index (χ2n) is 11.8. The summed E-state index contributed by atoms with van der Waals surface area (Å²) in [4.78, 5) is 12.6. The fourth-order valence-electron chi connectivity index (χ4n) is 6.26. The molecule has 1 saturated carbocycles. The Morgan fingerprint density at radius 2 is 1.79 bits per heavy atom. The molecular formula is C33H43F3O7. The van der Waals surface area contributed by atoms with Crippen LogP contribution in [0, 0.1) is 11.8 Å². The molecule has 7 nitrogen and oxygen atoms in total. The molecule has 2 unspecified atom stereocenters. The highest BCUT2D eigenvalue weighted by atomic mass is 19.4. The largest absolute Gasteiger partial charge is 0.491 e. The number of carbonyl (C=O) groups is 1. The van der Waals surface area contributed by atoms with E-state index in [0.29, 0.717) is 26.1 Å². The highest BCUT2D eigenvalue weighted by Gasteiger charge is 2.45. The second-order valence-corrected chi connectivity index (χ2v) is 11.8. The summed E-state index contributed by atoms with van der Waals surface area (Å²) in [6.45, 7) is 1.26. The first-order valence-electron chi connectivity index (χ1n) is 15.7. The smallest absolute Gasteiger partial charge is 0.416 e. The summed E-state index contributed by atoms with van der Waals surface area (Å²) in [5.74, 6) is -0.173. The highest BCUT2D eigenvalue weighted by Crippen LogP contribution is 2.42. The molecule has 0 radical (unpaired) electrons. The van der Waals surface area contributed by atoms with Gasteiger partial charge in [0.1, 0.15) is 24.6 Å². The molecule has 0 N–H and O–H groups in total. The monoisotopic (exact) mass is 608 g/mol. The number of alkyl halides is 3. The Labute approximate surface area is 251 Å². The lowest BCUT2D eigenvalue weighted by atomic mass is 9.89. The molecule has 3 aliphatic heterocycles. The number of carbonyl (C=O) groups excluding carboxylic acids is 1. The summed E-state index contributed by atoms with van der Waals surface area (Å²) in [6, 6.07) is 4.85. The summed E-state index contributed by atoms with van der Waals surface area (Å²) in [5.41, 5.74) is -0.769. The van der Waals surface area contributed by atoms with Crippen LogP contribution in [0.3, 0.4) is 0 Å². The number of hydrogen-bond acceptors (Lipinski definition) is 7. The van der Waals surface area contributed by atoms with E-state index in [2.05, 4.69) is 18.2 Å². The van der Waals surface area contributed by atoms with Crippen LogP contribution < -0.4 is 4.74 Å². The topological polar surface area (TPSA) is 72.5 Å². The first kappa shape index (κ1) is 32.0. The zero-order valence-electron chi connectivity index (χ0n) is 24.6. The van der Waals surface area contributed by atoms with E-state index in [0.717, 1.165) is 69.9 Å². The maximum absolute atomic E-state index is 13.3. The lowest BCUT2D eigenvalue weighted by Gasteiger charge is -2.30. The number of hydrogen-bond donors (Lipinski definition) is 0. The van der Waals surface area contributed by atoms with Crippen molar-refractivity contribution in [3.63, 3.8) is 0 Å². The van der Waals surface area contributed by atoms with Crippen molar-refractivity contribution in [1.29, 1.82) is 0 Å². The molecule has 2 saturated heterocycles. The van der Waals surface area contributed by atoms with Gasteiger partial charge in [0.05, 0.1) is 11.7 Å². The van der Waals surface area contributed by atoms with E-state index < -0.39 is 24.1 Å². The quantitative estimate of drug-likeness (QED) is 0.218. The van der Waals surface area contributed by atoms with Gasteiger partial charge in [-0.3, -0.25) is 4.79 Å². The Morgan fingerprint density at radius 3 is 2.53 bits per heavy atom. The van der Waals surface area contributed by atoms with Gasteiger partial charge in [-0.25, -0.2) is 0 Å². The predicted molar refractivity (Wildman–Crippen MR) is 152 cm³/mol. The molecule has 0 amide bonds. The fourth-order valence-corrected chi connectivity index (χ4v) is 6.26. The molecule has 238 valence electrons. The highest BCUT2D eigenvalue weighted by molar-refractivity contribution is 5.69. The zero-order valence-corrected chi connectivity index (χ0v) is 24.6. The number of halogens is 3. The van der Waals surface area contributed by atoms with E-state index in [-0.39, 0.29) is 48.7 Å². The van der Waals surface area contributed by atoms with Crippen LogP contribution >= 0.6 is 0 Å². The van der Waals surface area contributed by atoms with Gasteiger partial charge in [0, 0.05) is 37.9 Å². The molecule has 0 aromatic heterocycles. The first-order chi connectivity index (χ1) is 20.8. The van der Waals surface area contributed by atoms with E-state index in [1.54, 1.807) is 0 Å². The lowest BCUT2D eigenvalue weighted by molar-refractivity contribution is -0.193. The Morgan fingerprint density at radius 1 is 1.00 bits per heavy atom. The molecule has 43 heavy (non-hydrogen) atoms. The first-order valence-corrected chi connectivity index (χ1v) is 15.7. The minimum atomic E-state index is -4.46. The van der Waals surface area contributed by atoms with Crippen molar-refractivity contribution in [2.24, 2.45) is 11.8 Å². The molecule has 3 fully saturated rings. The summed E-state index contributed by atoms with van der Waals surface area (Å²) in [7, 11) is 0. The van der Waals surface area contributed by atoms with Crippen LogP contribution in [0.15, 0.2) is 48.6 Å². The SMILES string of the molecule is O=C1CCCC=CC[C@@H]2[C@@H](/C=C\[C@H](COc3cccc(C(F)(F)F)c3)OC3CCCCO3)[C@H](OC3CCCCO3)C[C@@H]2O1. The Kier molecular flexibility index (Phi) is 11.6. The van der Waals surface area contributed by atoms with E-state index in [1.165, 1.54) is 12.1 Å². The minimum absolute atomic E-state index is 0.000827. The maximum atomic E-state index is 13.3. The molecule has 5 rings (SSSR count). The molecular weight excluding hydrogens is 565 g/mol. The van der Waals surface area contributed by atoms with E-state index in [4.69, 9.17) is 28.4 Å². The van der Waals surface area contributed by atoms with E-state index >= 15 is 0 Å². The number of esters is 1. The Bertz CT molecular complexity index is 1080. The van der Waals surface area contributed by atoms with Gasteiger partial charge in [-0.1, -0.05) is 30.4 Å². The number of allylic oxidation sites excluding steroid dienone is 2. The van der Waals surface area contributed by atoms with Crippen molar-refractivity contribution in [3.8, 4) is 5.75 Å². The molecule has 10 heteroatoms. The molecule has 1 aromatic rings. The van der Waals surface area contributed by atoms with Gasteiger partial charge in [-0.15, -0.1) is 0 Å². The third kappa shape index (κ3) is 9.54. The number of fused-ring (bicyclic) bond motifs is 1. The average Bonchev–Trinajstić information content (AvgIpc) is 3.32. The second kappa shape index (κ2) is 15.5. The Hall–Kier alpha value is -2.40. The van der Waals surface area contributed by atoms with Crippen LogP contribution in [-0.4, -0.2) is 56.7 Å². The van der Waals surface area contributed by atoms with Crippen LogP contribution in [0.1, 0.15) is 76.2 Å². The van der Waals surface area contributed by atoms with Crippen LogP contribution in [0.4, 0.5) is 13.2 Å². The molecule has 3 heterocycles. The van der Waals surface area contributed by atoms with Gasteiger partial charge >= 0.3 is 12.1 Å². The van der Waals surface area contributed by atoms with E-state index in [9.17, 15) is 18.0 Å². The average molecular weight is 609 g/mol. The van der Waals surface area contributed by atoms with Gasteiger partial charge in [0.15, 0.2) is 12.6 Å². The molecule has 4 aliphatic rings. The van der Waals surface area contributed by atoms with Crippen molar-refractivity contribution in [3.05, 3.63) is 54.1 Å². The maximum Gasteiger partial charge on any atom is 0.416 e. The van der Waals surface area contributed by atoms with Gasteiger partial charge in [0.25, 0.3) is 0 Å². The van der Waals surface area contributed by atoms with Gasteiger partial charge in [-0.05, 0) is 76.0 Å². The summed E-state index contributed by atoms with van der Waals surface area (Å²) in [5, 5.41) is 0. The standard InChI is InChI=1S/C33H43F3O7/c34-33(35,36)23-10-9-11-24(20-23)40-22-25(41-31-14-5-7-18-38-31)16-17-27-26-12-3-1-2-4-13-30(37)42-28(26)21-29(27)43-32-15-6-8-19-39-32/h1,3,9-11,16-17,20,25-29,31-32H,2,4-8,12-15,18-19,21-22H2/b3-1?,17-16-/t25-,26-,27-,28+,29-,31?,32?/m1/s1. The Balaban J connectivity index is 1.35. The summed E-state index contributed by atoms with van der Waals surface area (Å²) in [6.07, 6.45) is 10.7. The third-order valence-electron chi connectivity index (χ3n) is 8.53. The minimum Gasteiger partial charge on any atom is -0.491 e. The number of rotatable bonds is 9.